The van der Waals surface area contributed by atoms with Crippen LogP contribution in [0.4, 0.5) is 0 Å². The normalized spacial score (nSPS) is 16.4. The number of methoxy groups -OCH3 is 2. The third-order valence-corrected chi connectivity index (χ3v) is 4.12. The number of hydrogen-bond acceptors (Lipinski definition) is 6. The van der Waals surface area contributed by atoms with Gasteiger partial charge in [0.25, 0.3) is 0 Å². The maximum atomic E-state index is 12.0. The van der Waals surface area contributed by atoms with E-state index in [1.807, 2.05) is 39.8 Å². The van der Waals surface area contributed by atoms with E-state index in [9.17, 15) is 9.59 Å². The standard InChI is InChI=1S/C22H28O6/c1-13(2)27-19-11-15(21(23)25-5)7-9-17(19)18-10-8-16(22(24)26-6)12-20(18)28-14(3)4/h7,9-14,16H,8H2,1-6H3. The Morgan fingerprint density at radius 2 is 1.68 bits per heavy atom. The first kappa shape index (κ1) is 21.5. The molecule has 1 aliphatic rings. The van der Waals surface area contributed by atoms with Gasteiger partial charge in [0.15, 0.2) is 0 Å². The van der Waals surface area contributed by atoms with Crippen LogP contribution < -0.4 is 4.74 Å². The van der Waals surface area contributed by atoms with Gasteiger partial charge in [0.2, 0.25) is 0 Å². The topological polar surface area (TPSA) is 71.1 Å². The molecule has 0 saturated heterocycles. The summed E-state index contributed by atoms with van der Waals surface area (Å²) in [4.78, 5) is 23.9. The second-order valence-corrected chi connectivity index (χ2v) is 7.05. The highest BCUT2D eigenvalue weighted by molar-refractivity contribution is 5.92. The average Bonchev–Trinajstić information content (AvgIpc) is 2.66. The Morgan fingerprint density at radius 3 is 2.25 bits per heavy atom. The van der Waals surface area contributed by atoms with Crippen LogP contribution in [0.15, 0.2) is 36.1 Å². The molecule has 0 fully saturated rings. The summed E-state index contributed by atoms with van der Waals surface area (Å²) in [6, 6.07) is 5.17. The van der Waals surface area contributed by atoms with Crippen molar-refractivity contribution in [3.8, 4) is 5.75 Å². The molecule has 0 saturated carbocycles. The Bertz CT molecular complexity index is 788. The Kier molecular flexibility index (Phi) is 7.26. The Balaban J connectivity index is 2.50. The second-order valence-electron chi connectivity index (χ2n) is 7.05. The highest BCUT2D eigenvalue weighted by Gasteiger charge is 2.26. The Morgan fingerprint density at radius 1 is 1.00 bits per heavy atom. The fourth-order valence-corrected chi connectivity index (χ4v) is 2.94. The van der Waals surface area contributed by atoms with E-state index in [0.717, 1.165) is 11.1 Å². The zero-order valence-corrected chi connectivity index (χ0v) is 17.3. The van der Waals surface area contributed by atoms with Gasteiger partial charge in [-0.1, -0.05) is 6.08 Å². The number of carbonyl (C=O) groups excluding carboxylic acids is 2. The van der Waals surface area contributed by atoms with Crippen LogP contribution in [-0.2, 0) is 19.0 Å². The van der Waals surface area contributed by atoms with Gasteiger partial charge in [-0.2, -0.15) is 0 Å². The average molecular weight is 388 g/mol. The zero-order chi connectivity index (χ0) is 20.8. The third kappa shape index (κ3) is 5.15. The summed E-state index contributed by atoms with van der Waals surface area (Å²) in [5.74, 6) is 0.0129. The molecule has 0 aromatic heterocycles. The van der Waals surface area contributed by atoms with Gasteiger partial charge >= 0.3 is 11.9 Å². The molecule has 1 aliphatic carbocycles. The van der Waals surface area contributed by atoms with Crippen LogP contribution in [0.3, 0.4) is 0 Å². The number of benzene rings is 1. The molecule has 0 radical (unpaired) electrons. The summed E-state index contributed by atoms with van der Waals surface area (Å²) < 4.78 is 21.6. The predicted octanol–water partition coefficient (Wildman–Crippen LogP) is 4.15. The summed E-state index contributed by atoms with van der Waals surface area (Å²) in [5, 5.41) is 0. The molecule has 2 rings (SSSR count). The van der Waals surface area contributed by atoms with Crippen molar-refractivity contribution < 1.29 is 28.5 Å². The first-order valence-corrected chi connectivity index (χ1v) is 9.33. The summed E-state index contributed by atoms with van der Waals surface area (Å²) in [6.45, 7) is 7.68. The molecule has 6 heteroatoms. The number of hydrogen-bond donors (Lipinski definition) is 0. The van der Waals surface area contributed by atoms with Crippen LogP contribution in [0, 0.1) is 5.92 Å². The van der Waals surface area contributed by atoms with Crippen molar-refractivity contribution in [1.82, 2.24) is 0 Å². The molecule has 152 valence electrons. The van der Waals surface area contributed by atoms with Gasteiger partial charge in [0.05, 0.1) is 37.9 Å². The van der Waals surface area contributed by atoms with E-state index in [1.54, 1.807) is 18.2 Å². The number of carbonyl (C=O) groups is 2. The van der Waals surface area contributed by atoms with Crippen LogP contribution in [0.5, 0.6) is 5.75 Å². The number of ether oxygens (including phenoxy) is 4. The molecule has 0 amide bonds. The van der Waals surface area contributed by atoms with Gasteiger partial charge in [0, 0.05) is 11.1 Å². The maximum Gasteiger partial charge on any atom is 0.337 e. The molecule has 0 spiro atoms. The fraction of sp³-hybridized carbons (Fsp3) is 0.455. The van der Waals surface area contributed by atoms with E-state index in [4.69, 9.17) is 18.9 Å². The molecule has 0 aliphatic heterocycles. The number of allylic oxidation sites excluding steroid dienone is 2. The summed E-state index contributed by atoms with van der Waals surface area (Å²) >= 11 is 0. The number of rotatable bonds is 7. The van der Waals surface area contributed by atoms with Crippen molar-refractivity contribution >= 4 is 17.5 Å². The molecule has 1 aromatic carbocycles. The van der Waals surface area contributed by atoms with Crippen molar-refractivity contribution in [3.63, 3.8) is 0 Å². The largest absolute Gasteiger partial charge is 0.491 e. The summed E-state index contributed by atoms with van der Waals surface area (Å²) in [7, 11) is 2.71. The Labute approximate surface area is 166 Å². The molecular weight excluding hydrogens is 360 g/mol. The van der Waals surface area contributed by atoms with E-state index in [-0.39, 0.29) is 18.2 Å². The van der Waals surface area contributed by atoms with Gasteiger partial charge in [-0.05, 0) is 58.4 Å². The lowest BCUT2D eigenvalue weighted by Gasteiger charge is -2.25. The van der Waals surface area contributed by atoms with Crippen LogP contribution in [0.1, 0.15) is 50.0 Å². The second kappa shape index (κ2) is 9.44. The SMILES string of the molecule is COC(=O)c1ccc(C2=CCC(C(=O)OC)C=C2OC(C)C)c(OC(C)C)c1. The van der Waals surface area contributed by atoms with E-state index in [1.165, 1.54) is 14.2 Å². The van der Waals surface area contributed by atoms with Gasteiger partial charge in [-0.3, -0.25) is 4.79 Å². The third-order valence-electron chi connectivity index (χ3n) is 4.12. The minimum Gasteiger partial charge on any atom is -0.491 e. The molecule has 1 atom stereocenters. The van der Waals surface area contributed by atoms with Crippen LogP contribution >= 0.6 is 0 Å². The van der Waals surface area contributed by atoms with Crippen molar-refractivity contribution in [1.29, 1.82) is 0 Å². The minimum absolute atomic E-state index is 0.0742. The first-order chi connectivity index (χ1) is 13.3. The lowest BCUT2D eigenvalue weighted by Crippen LogP contribution is -2.19. The van der Waals surface area contributed by atoms with Crippen molar-refractivity contribution in [2.24, 2.45) is 5.92 Å². The maximum absolute atomic E-state index is 12.0. The Hall–Kier alpha value is -2.76. The molecule has 6 nitrogen and oxygen atoms in total. The highest BCUT2D eigenvalue weighted by atomic mass is 16.5. The van der Waals surface area contributed by atoms with Gasteiger partial charge in [-0.15, -0.1) is 0 Å². The smallest absolute Gasteiger partial charge is 0.337 e. The summed E-state index contributed by atoms with van der Waals surface area (Å²) in [5.41, 5.74) is 2.01. The van der Waals surface area contributed by atoms with E-state index in [2.05, 4.69) is 0 Å². The molecular formula is C22H28O6. The van der Waals surface area contributed by atoms with Crippen molar-refractivity contribution in [2.45, 2.75) is 46.3 Å². The summed E-state index contributed by atoms with van der Waals surface area (Å²) in [6.07, 6.45) is 4.06. The molecule has 0 bridgehead atoms. The lowest BCUT2D eigenvalue weighted by atomic mass is 9.90. The first-order valence-electron chi connectivity index (χ1n) is 9.33. The quantitative estimate of drug-likeness (QED) is 0.654. The van der Waals surface area contributed by atoms with Gasteiger partial charge in [-0.25, -0.2) is 4.79 Å². The zero-order valence-electron chi connectivity index (χ0n) is 17.3. The molecule has 28 heavy (non-hydrogen) atoms. The molecule has 0 heterocycles. The van der Waals surface area contributed by atoms with E-state index in [0.29, 0.717) is 23.5 Å². The lowest BCUT2D eigenvalue weighted by molar-refractivity contribution is -0.143. The monoisotopic (exact) mass is 388 g/mol. The fourth-order valence-electron chi connectivity index (χ4n) is 2.94. The van der Waals surface area contributed by atoms with E-state index >= 15 is 0 Å². The van der Waals surface area contributed by atoms with Crippen molar-refractivity contribution in [3.05, 3.63) is 47.2 Å². The minimum atomic E-state index is -0.433. The molecule has 1 aromatic rings. The highest BCUT2D eigenvalue weighted by Crippen LogP contribution is 2.38. The van der Waals surface area contributed by atoms with Gasteiger partial charge < -0.3 is 18.9 Å². The van der Waals surface area contributed by atoms with Crippen LogP contribution in [0.25, 0.3) is 5.57 Å². The van der Waals surface area contributed by atoms with Crippen LogP contribution in [0.2, 0.25) is 0 Å². The van der Waals surface area contributed by atoms with Crippen molar-refractivity contribution in [2.75, 3.05) is 14.2 Å². The van der Waals surface area contributed by atoms with E-state index < -0.39 is 11.9 Å². The van der Waals surface area contributed by atoms with Gasteiger partial charge in [0.1, 0.15) is 11.5 Å². The number of esters is 2. The predicted molar refractivity (Wildman–Crippen MR) is 106 cm³/mol. The molecule has 0 N–H and O–H groups in total. The van der Waals surface area contributed by atoms with Crippen LogP contribution in [-0.4, -0.2) is 38.4 Å². The molecule has 1 unspecified atom stereocenters.